The highest BCUT2D eigenvalue weighted by Crippen LogP contribution is 2.28. The van der Waals surface area contributed by atoms with Crippen molar-refractivity contribution in [2.75, 3.05) is 11.9 Å². The van der Waals surface area contributed by atoms with Gasteiger partial charge in [0.2, 0.25) is 5.91 Å². The van der Waals surface area contributed by atoms with Crippen molar-refractivity contribution in [2.45, 2.75) is 12.8 Å². The molecule has 0 saturated carbocycles. The van der Waals surface area contributed by atoms with E-state index in [-0.39, 0.29) is 5.91 Å². The number of benzene rings is 2. The van der Waals surface area contributed by atoms with Gasteiger partial charge >= 0.3 is 0 Å². The third-order valence-electron chi connectivity index (χ3n) is 3.52. The summed E-state index contributed by atoms with van der Waals surface area (Å²) in [6.45, 7) is 0.391. The molecule has 0 aliphatic heterocycles. The average molecular weight is 407 g/mol. The summed E-state index contributed by atoms with van der Waals surface area (Å²) in [6.07, 6.45) is 0.910. The van der Waals surface area contributed by atoms with E-state index in [4.69, 9.17) is 27.9 Å². The molecule has 0 aliphatic carbocycles. The lowest BCUT2D eigenvalue weighted by Gasteiger charge is -2.08. The second-order valence-electron chi connectivity index (χ2n) is 5.48. The number of carbonyl (C=O) groups is 1. The van der Waals surface area contributed by atoms with E-state index in [1.54, 1.807) is 18.2 Å². The summed E-state index contributed by atoms with van der Waals surface area (Å²) in [5.74, 6) is 0.466. The predicted molar refractivity (Wildman–Crippen MR) is 107 cm³/mol. The fourth-order valence-electron chi connectivity index (χ4n) is 2.26. The summed E-state index contributed by atoms with van der Waals surface area (Å²) in [7, 11) is 0. The van der Waals surface area contributed by atoms with E-state index in [1.807, 2.05) is 35.7 Å². The topological polar surface area (TPSA) is 51.2 Å². The van der Waals surface area contributed by atoms with Crippen molar-refractivity contribution in [3.05, 3.63) is 64.0 Å². The first-order valence-corrected chi connectivity index (χ1v) is 9.64. The van der Waals surface area contributed by atoms with Crippen LogP contribution in [0.4, 0.5) is 5.13 Å². The summed E-state index contributed by atoms with van der Waals surface area (Å²) < 4.78 is 5.57. The first-order chi connectivity index (χ1) is 12.6. The molecule has 0 spiro atoms. The summed E-state index contributed by atoms with van der Waals surface area (Å²) in [5, 5.41) is 6.35. The van der Waals surface area contributed by atoms with Gasteiger partial charge in [0, 0.05) is 22.4 Å². The molecule has 1 heterocycles. The molecule has 0 bridgehead atoms. The van der Waals surface area contributed by atoms with Crippen LogP contribution in [0, 0.1) is 0 Å². The second-order valence-corrected chi connectivity index (χ2v) is 7.18. The number of hydrogen-bond acceptors (Lipinski definition) is 4. The molecule has 0 radical (unpaired) electrons. The van der Waals surface area contributed by atoms with E-state index in [9.17, 15) is 4.79 Å². The van der Waals surface area contributed by atoms with Crippen molar-refractivity contribution >= 4 is 45.6 Å². The fourth-order valence-corrected chi connectivity index (χ4v) is 3.46. The monoisotopic (exact) mass is 406 g/mol. The van der Waals surface area contributed by atoms with Gasteiger partial charge in [0.1, 0.15) is 5.75 Å². The number of nitrogens with one attached hydrogen (secondary N) is 1. The van der Waals surface area contributed by atoms with E-state index in [1.165, 1.54) is 11.3 Å². The Morgan fingerprint density at radius 3 is 2.73 bits per heavy atom. The molecular formula is C19H16Cl2N2O2S. The molecule has 2 aromatic carbocycles. The van der Waals surface area contributed by atoms with Gasteiger partial charge in [0.05, 0.1) is 17.3 Å². The number of thiazole rings is 1. The van der Waals surface area contributed by atoms with Crippen molar-refractivity contribution < 1.29 is 9.53 Å². The van der Waals surface area contributed by atoms with Crippen LogP contribution in [0.2, 0.25) is 10.0 Å². The van der Waals surface area contributed by atoms with Crippen molar-refractivity contribution in [3.63, 3.8) is 0 Å². The minimum Gasteiger partial charge on any atom is -0.492 e. The standard InChI is InChI=1S/C19H16Cl2N2O2S/c20-14-8-9-17(15(21)11-14)25-10-4-7-18(24)23-19-22-16(12-26-19)13-5-2-1-3-6-13/h1-3,5-6,8-9,11-12H,4,7,10H2,(H,22,23,24). The molecule has 0 unspecified atom stereocenters. The Bertz CT molecular complexity index is 884. The number of aromatic nitrogens is 1. The molecule has 0 aliphatic rings. The molecule has 7 heteroatoms. The van der Waals surface area contributed by atoms with Gasteiger partial charge in [-0.2, -0.15) is 0 Å². The van der Waals surface area contributed by atoms with E-state index < -0.39 is 0 Å². The molecule has 1 N–H and O–H groups in total. The van der Waals surface area contributed by atoms with Crippen molar-refractivity contribution in [1.82, 2.24) is 4.98 Å². The van der Waals surface area contributed by atoms with Crippen LogP contribution < -0.4 is 10.1 Å². The Labute approximate surface area is 165 Å². The molecule has 134 valence electrons. The SMILES string of the molecule is O=C(CCCOc1ccc(Cl)cc1Cl)Nc1nc(-c2ccccc2)cs1. The Kier molecular flexibility index (Phi) is 6.50. The average Bonchev–Trinajstić information content (AvgIpc) is 3.09. The highest BCUT2D eigenvalue weighted by Gasteiger charge is 2.08. The normalized spacial score (nSPS) is 10.5. The van der Waals surface area contributed by atoms with E-state index in [0.29, 0.717) is 40.4 Å². The quantitative estimate of drug-likeness (QED) is 0.495. The van der Waals surface area contributed by atoms with Gasteiger partial charge in [-0.25, -0.2) is 4.98 Å². The lowest BCUT2D eigenvalue weighted by Crippen LogP contribution is -2.12. The lowest BCUT2D eigenvalue weighted by molar-refractivity contribution is -0.116. The minimum absolute atomic E-state index is 0.0928. The highest BCUT2D eigenvalue weighted by atomic mass is 35.5. The van der Waals surface area contributed by atoms with Crippen LogP contribution in [-0.2, 0) is 4.79 Å². The molecule has 1 aromatic heterocycles. The Balaban J connectivity index is 1.44. The molecule has 4 nitrogen and oxygen atoms in total. The fraction of sp³-hybridized carbons (Fsp3) is 0.158. The molecule has 3 aromatic rings. The van der Waals surface area contributed by atoms with Gasteiger partial charge in [0.15, 0.2) is 5.13 Å². The van der Waals surface area contributed by atoms with Crippen molar-refractivity contribution in [1.29, 1.82) is 0 Å². The zero-order chi connectivity index (χ0) is 18.4. The molecule has 0 atom stereocenters. The number of amides is 1. The molecule has 26 heavy (non-hydrogen) atoms. The second kappa shape index (κ2) is 9.03. The van der Waals surface area contributed by atoms with Gasteiger partial charge < -0.3 is 10.1 Å². The van der Waals surface area contributed by atoms with Gasteiger partial charge in [0.25, 0.3) is 0 Å². The maximum absolute atomic E-state index is 12.0. The summed E-state index contributed by atoms with van der Waals surface area (Å²) in [4.78, 5) is 16.5. The lowest BCUT2D eigenvalue weighted by atomic mass is 10.2. The van der Waals surface area contributed by atoms with Crippen molar-refractivity contribution in [2.24, 2.45) is 0 Å². The van der Waals surface area contributed by atoms with Crippen LogP contribution in [0.5, 0.6) is 5.75 Å². The van der Waals surface area contributed by atoms with Gasteiger partial charge in [-0.05, 0) is 24.6 Å². The number of ether oxygens (including phenoxy) is 1. The van der Waals surface area contributed by atoms with E-state index in [2.05, 4.69) is 10.3 Å². The van der Waals surface area contributed by atoms with Crippen LogP contribution in [0.15, 0.2) is 53.9 Å². The molecule has 0 saturated heterocycles. The zero-order valence-corrected chi connectivity index (χ0v) is 16.1. The van der Waals surface area contributed by atoms with Crippen LogP contribution in [0.1, 0.15) is 12.8 Å². The number of hydrogen-bond donors (Lipinski definition) is 1. The third kappa shape index (κ3) is 5.21. The Hall–Kier alpha value is -2.08. The first-order valence-electron chi connectivity index (χ1n) is 8.00. The molecule has 3 rings (SSSR count). The summed E-state index contributed by atoms with van der Waals surface area (Å²) >= 11 is 13.3. The van der Waals surface area contributed by atoms with Crippen LogP contribution in [0.25, 0.3) is 11.3 Å². The first kappa shape index (κ1) is 18.7. The molecule has 0 fully saturated rings. The number of anilines is 1. The Morgan fingerprint density at radius 1 is 1.15 bits per heavy atom. The summed E-state index contributed by atoms with van der Waals surface area (Å²) in [5.41, 5.74) is 1.88. The van der Waals surface area contributed by atoms with Gasteiger partial charge in [-0.3, -0.25) is 4.79 Å². The zero-order valence-electron chi connectivity index (χ0n) is 13.7. The van der Waals surface area contributed by atoms with E-state index >= 15 is 0 Å². The third-order valence-corrected chi connectivity index (χ3v) is 4.81. The maximum Gasteiger partial charge on any atom is 0.226 e. The van der Waals surface area contributed by atoms with Gasteiger partial charge in [-0.1, -0.05) is 53.5 Å². The number of halogens is 2. The highest BCUT2D eigenvalue weighted by molar-refractivity contribution is 7.14. The Morgan fingerprint density at radius 2 is 1.96 bits per heavy atom. The van der Waals surface area contributed by atoms with Gasteiger partial charge in [-0.15, -0.1) is 11.3 Å². The number of rotatable bonds is 7. The number of nitrogens with zero attached hydrogens (tertiary/aromatic N) is 1. The molecule has 1 amide bonds. The van der Waals surface area contributed by atoms with E-state index in [0.717, 1.165) is 11.3 Å². The minimum atomic E-state index is -0.0928. The number of carbonyl (C=O) groups excluding carboxylic acids is 1. The van der Waals surface area contributed by atoms with Crippen LogP contribution >= 0.6 is 34.5 Å². The smallest absolute Gasteiger partial charge is 0.226 e. The predicted octanol–water partition coefficient (Wildman–Crippen LogP) is 5.91. The van der Waals surface area contributed by atoms with Crippen molar-refractivity contribution in [3.8, 4) is 17.0 Å². The maximum atomic E-state index is 12.0. The largest absolute Gasteiger partial charge is 0.492 e. The van der Waals surface area contributed by atoms with Crippen LogP contribution in [0.3, 0.4) is 0 Å². The summed E-state index contributed by atoms with van der Waals surface area (Å²) in [6, 6.07) is 14.9. The molecular weight excluding hydrogens is 391 g/mol. The van der Waals surface area contributed by atoms with Crippen LogP contribution in [-0.4, -0.2) is 17.5 Å².